The smallest absolute Gasteiger partial charge is 0.262 e. The van der Waals surface area contributed by atoms with Crippen LogP contribution in [0.3, 0.4) is 0 Å². The number of aromatic hydroxyl groups is 1. The lowest BCUT2D eigenvalue weighted by molar-refractivity contribution is -0.136. The van der Waals surface area contributed by atoms with Gasteiger partial charge in [-0.15, -0.1) is 0 Å². The van der Waals surface area contributed by atoms with Gasteiger partial charge in [0.1, 0.15) is 17.6 Å². The van der Waals surface area contributed by atoms with Gasteiger partial charge in [-0.2, -0.15) is 0 Å². The van der Waals surface area contributed by atoms with Crippen molar-refractivity contribution in [1.82, 2.24) is 20.0 Å². The minimum atomic E-state index is -1.01. The van der Waals surface area contributed by atoms with E-state index in [0.717, 1.165) is 78.9 Å². The van der Waals surface area contributed by atoms with Gasteiger partial charge < -0.3 is 14.9 Å². The van der Waals surface area contributed by atoms with Gasteiger partial charge in [0.15, 0.2) is 0 Å². The predicted molar refractivity (Wildman–Crippen MR) is 221 cm³/mol. The van der Waals surface area contributed by atoms with Crippen LogP contribution in [0.2, 0.25) is 0 Å². The van der Waals surface area contributed by atoms with Crippen molar-refractivity contribution in [2.45, 2.75) is 88.9 Å². The van der Waals surface area contributed by atoms with Crippen LogP contribution in [0.5, 0.6) is 5.75 Å². The molecule has 10 rings (SSSR count). The summed E-state index contributed by atoms with van der Waals surface area (Å²) in [5, 5.41) is 12.5. The summed E-state index contributed by atoms with van der Waals surface area (Å²) >= 11 is 0. The third-order valence-corrected chi connectivity index (χ3v) is 14.4. The number of nitrogens with one attached hydrogen (secondary N) is 1. The van der Waals surface area contributed by atoms with Crippen LogP contribution in [-0.2, 0) is 33.9 Å². The molecule has 4 aromatic carbocycles. The van der Waals surface area contributed by atoms with Gasteiger partial charge in [0.05, 0.1) is 17.7 Å². The molecule has 4 atom stereocenters. The number of hydrogen-bond acceptors (Lipinski definition) is 8. The largest absolute Gasteiger partial charge is 0.508 e. The molecule has 2 N–H and O–H groups in total. The van der Waals surface area contributed by atoms with Crippen LogP contribution >= 0.6 is 0 Å². The third kappa shape index (κ3) is 6.65. The van der Waals surface area contributed by atoms with Gasteiger partial charge in [-0.1, -0.05) is 30.3 Å². The van der Waals surface area contributed by atoms with E-state index < -0.39 is 29.7 Å². The Bertz CT molecular complexity index is 2400. The van der Waals surface area contributed by atoms with E-state index in [0.29, 0.717) is 19.6 Å². The fraction of sp³-hybridized carbons (Fsp3) is 0.396. The molecule has 0 bridgehead atoms. The molecule has 1 spiro atoms. The van der Waals surface area contributed by atoms with Crippen LogP contribution in [0.25, 0.3) is 0 Å². The average molecular weight is 810 g/mol. The van der Waals surface area contributed by atoms with E-state index >= 15 is 0 Å². The standard InChI is InChI=1S/C48H48FN5O6/c1-28-23-48(27-53(28)26-43(57)52-24-32-21-39-40(22-33(32)25-52)47(60)54(46(39)59)41-14-15-42(56)50-45(41)58)16-18-51(19-17-48)35-9-4-30(5-10-35)44-37(29-2-7-34(49)8-3-29)12-6-31-20-36(55)11-13-38(31)44/h2-5,7-11,13,20-22,28,37,41,44,55H,6,12,14-19,23-27H2,1H3,(H,50,56,58)/t28-,37-,41?,44+/m1/s1. The van der Waals surface area contributed by atoms with Crippen molar-refractivity contribution in [3.63, 3.8) is 0 Å². The quantitative estimate of drug-likeness (QED) is 0.227. The van der Waals surface area contributed by atoms with E-state index in [9.17, 15) is 33.5 Å². The maximum atomic E-state index is 13.9. The van der Waals surface area contributed by atoms with E-state index in [-0.39, 0.29) is 64.7 Å². The molecule has 12 heteroatoms. The van der Waals surface area contributed by atoms with E-state index in [2.05, 4.69) is 46.3 Å². The molecule has 5 amide bonds. The first-order chi connectivity index (χ1) is 28.9. The molecule has 0 aromatic heterocycles. The van der Waals surface area contributed by atoms with Crippen LogP contribution in [0.1, 0.15) is 111 Å². The molecule has 11 nitrogen and oxygen atoms in total. The number of likely N-dealkylation sites (tertiary alicyclic amines) is 1. The van der Waals surface area contributed by atoms with E-state index in [4.69, 9.17) is 0 Å². The Labute approximate surface area is 348 Å². The summed E-state index contributed by atoms with van der Waals surface area (Å²) in [6.07, 6.45) is 5.05. The monoisotopic (exact) mass is 809 g/mol. The number of aryl methyl sites for hydroxylation is 1. The number of rotatable bonds is 6. The highest BCUT2D eigenvalue weighted by Crippen LogP contribution is 2.48. The summed E-state index contributed by atoms with van der Waals surface area (Å²) in [7, 11) is 0. The maximum absolute atomic E-state index is 13.9. The molecular formula is C48H48FN5O6. The highest BCUT2D eigenvalue weighted by atomic mass is 19.1. The second-order valence-electron chi connectivity index (χ2n) is 18.0. The summed E-state index contributed by atoms with van der Waals surface area (Å²) in [5.74, 6) is -1.78. The number of imide groups is 2. The molecule has 5 heterocycles. The fourth-order valence-electron chi connectivity index (χ4n) is 11.2. The number of nitrogens with zero attached hydrogens (tertiary/aromatic N) is 4. The SMILES string of the molecule is C[C@@H]1CC2(CCN(c3ccc([C@@H]4c5ccc(O)cc5CC[C@@H]4c4ccc(F)cc4)cc3)CC2)CN1CC(=O)N1Cc2cc3c(cc2C1)C(=O)N(C1CCC(=O)NC1=O)C3=O. The number of anilines is 1. The normalized spacial score (nSPS) is 24.8. The van der Waals surface area contributed by atoms with Crippen molar-refractivity contribution in [2.75, 3.05) is 31.1 Å². The van der Waals surface area contributed by atoms with Gasteiger partial charge in [-0.3, -0.25) is 39.1 Å². The summed E-state index contributed by atoms with van der Waals surface area (Å²) < 4.78 is 13.9. The van der Waals surface area contributed by atoms with Gasteiger partial charge in [-0.05, 0) is 139 Å². The lowest BCUT2D eigenvalue weighted by atomic mass is 9.69. The van der Waals surface area contributed by atoms with Crippen LogP contribution in [0.15, 0.2) is 78.9 Å². The van der Waals surface area contributed by atoms with Crippen molar-refractivity contribution >= 4 is 35.2 Å². The minimum absolute atomic E-state index is 0.0228. The third-order valence-electron chi connectivity index (χ3n) is 14.4. The second-order valence-corrected chi connectivity index (χ2v) is 18.0. The molecule has 3 fully saturated rings. The minimum Gasteiger partial charge on any atom is -0.508 e. The zero-order chi connectivity index (χ0) is 41.4. The molecule has 6 aliphatic rings. The topological polar surface area (TPSA) is 131 Å². The van der Waals surface area contributed by atoms with Crippen molar-refractivity contribution in [2.24, 2.45) is 5.41 Å². The molecule has 5 aliphatic heterocycles. The Kier molecular flexibility index (Phi) is 9.38. The van der Waals surface area contributed by atoms with Crippen molar-refractivity contribution in [3.05, 3.63) is 129 Å². The number of phenols is 1. The number of amides is 5. The first-order valence-corrected chi connectivity index (χ1v) is 21.2. The van der Waals surface area contributed by atoms with Gasteiger partial charge in [0, 0.05) is 56.8 Å². The van der Waals surface area contributed by atoms with E-state index in [1.165, 1.54) is 16.8 Å². The number of hydrogen-bond donors (Lipinski definition) is 2. The fourth-order valence-corrected chi connectivity index (χ4v) is 11.2. The van der Waals surface area contributed by atoms with Crippen LogP contribution in [0.4, 0.5) is 10.1 Å². The van der Waals surface area contributed by atoms with Gasteiger partial charge in [0.2, 0.25) is 17.7 Å². The lowest BCUT2D eigenvalue weighted by Crippen LogP contribution is -2.54. The molecule has 0 radical (unpaired) electrons. The summed E-state index contributed by atoms with van der Waals surface area (Å²) in [6, 6.07) is 24.2. The molecule has 0 saturated carbocycles. The summed E-state index contributed by atoms with van der Waals surface area (Å²) in [4.78, 5) is 72.3. The number of carbonyl (C=O) groups is 5. The first-order valence-electron chi connectivity index (χ1n) is 21.2. The van der Waals surface area contributed by atoms with Crippen molar-refractivity contribution < 1.29 is 33.5 Å². The van der Waals surface area contributed by atoms with Gasteiger partial charge in [0.25, 0.3) is 11.8 Å². The molecule has 4 aromatic rings. The zero-order valence-electron chi connectivity index (χ0n) is 33.7. The second kappa shape index (κ2) is 14.7. The highest BCUT2D eigenvalue weighted by Gasteiger charge is 2.47. The number of fused-ring (bicyclic) bond motifs is 3. The number of carbonyl (C=O) groups excluding carboxylic acids is 5. The molecular weight excluding hydrogens is 762 g/mol. The Morgan fingerprint density at radius 1 is 0.817 bits per heavy atom. The van der Waals surface area contributed by atoms with Crippen LogP contribution in [-0.4, -0.2) is 87.6 Å². The molecule has 1 aliphatic carbocycles. The maximum Gasteiger partial charge on any atom is 0.262 e. The van der Waals surface area contributed by atoms with Crippen LogP contribution < -0.4 is 10.2 Å². The Morgan fingerprint density at radius 3 is 2.15 bits per heavy atom. The predicted octanol–water partition coefficient (Wildman–Crippen LogP) is 6.02. The van der Waals surface area contributed by atoms with Crippen molar-refractivity contribution in [3.8, 4) is 5.75 Å². The van der Waals surface area contributed by atoms with Gasteiger partial charge >= 0.3 is 0 Å². The van der Waals surface area contributed by atoms with Gasteiger partial charge in [-0.25, -0.2) is 4.39 Å². The lowest BCUT2D eigenvalue weighted by Gasteiger charge is -2.41. The number of halogens is 1. The zero-order valence-corrected chi connectivity index (χ0v) is 33.7. The van der Waals surface area contributed by atoms with E-state index in [1.54, 1.807) is 35.2 Å². The van der Waals surface area contributed by atoms with E-state index in [1.807, 2.05) is 24.3 Å². The Hall–Kier alpha value is -5.88. The Morgan fingerprint density at radius 2 is 1.48 bits per heavy atom. The summed E-state index contributed by atoms with van der Waals surface area (Å²) in [6.45, 7) is 5.96. The molecule has 1 unspecified atom stereocenters. The number of benzene rings is 4. The van der Waals surface area contributed by atoms with Crippen LogP contribution in [0, 0.1) is 11.2 Å². The van der Waals surface area contributed by atoms with Crippen molar-refractivity contribution in [1.29, 1.82) is 0 Å². The number of piperidine rings is 2. The molecule has 308 valence electrons. The average Bonchev–Trinajstić information content (AvgIpc) is 3.87. The first kappa shape index (κ1) is 38.3. The molecule has 60 heavy (non-hydrogen) atoms. The number of phenolic OH excluding ortho intramolecular Hbond substituents is 1. The Balaban J connectivity index is 0.766. The highest BCUT2D eigenvalue weighted by molar-refractivity contribution is 6.23. The molecule has 3 saturated heterocycles. The summed E-state index contributed by atoms with van der Waals surface area (Å²) in [5.41, 5.74) is 8.18.